The standard InChI is InChI=1S/C33H31N3O4S/c1-6-19-40-27-18-17-22-13-9-10-14-23(22)25(27)20-28-31(37)36-30(24-15-11-12-16-26(24)39-5)29(21(4)34-33(36)41-28)32(38)35(7-2)8-3/h1,9-18,20,30H,7-8,19H2,2-5H3/b28-20-/t30-/m0/s1. The van der Waals surface area contributed by atoms with Gasteiger partial charge in [0.05, 0.1) is 22.9 Å². The summed E-state index contributed by atoms with van der Waals surface area (Å²) in [4.78, 5) is 35.2. The topological polar surface area (TPSA) is 73.1 Å². The molecule has 0 bridgehead atoms. The maximum Gasteiger partial charge on any atom is 0.271 e. The van der Waals surface area contributed by atoms with Gasteiger partial charge in [-0.1, -0.05) is 65.8 Å². The van der Waals surface area contributed by atoms with E-state index in [1.165, 1.54) is 11.3 Å². The zero-order chi connectivity index (χ0) is 29.1. The SMILES string of the molecule is C#CCOc1ccc2ccccc2c1/C=c1\sc2n(c1=O)[C@@H](c1ccccc1OC)C(C(=O)N(CC)CC)=C(C)N=2. The Morgan fingerprint density at radius 2 is 1.83 bits per heavy atom. The largest absolute Gasteiger partial charge is 0.496 e. The summed E-state index contributed by atoms with van der Waals surface area (Å²) in [5.74, 6) is 3.53. The minimum absolute atomic E-state index is 0.101. The Hall–Kier alpha value is -4.61. The number of hydrogen-bond acceptors (Lipinski definition) is 6. The molecule has 2 heterocycles. The average Bonchev–Trinajstić information content (AvgIpc) is 3.30. The van der Waals surface area contributed by atoms with Crippen LogP contribution in [0.5, 0.6) is 11.5 Å². The molecule has 5 rings (SSSR count). The van der Waals surface area contributed by atoms with Crippen LogP contribution >= 0.6 is 11.3 Å². The molecular weight excluding hydrogens is 534 g/mol. The number of benzene rings is 3. The van der Waals surface area contributed by atoms with Crippen LogP contribution in [-0.2, 0) is 4.79 Å². The zero-order valence-electron chi connectivity index (χ0n) is 23.5. The number of rotatable bonds is 8. The first-order chi connectivity index (χ1) is 19.9. The molecule has 3 aromatic carbocycles. The Labute approximate surface area is 242 Å². The van der Waals surface area contributed by atoms with Crippen molar-refractivity contribution in [2.75, 3.05) is 26.8 Å². The third kappa shape index (κ3) is 5.05. The first-order valence-corrected chi connectivity index (χ1v) is 14.3. The lowest BCUT2D eigenvalue weighted by Gasteiger charge is -2.29. The number of terminal acetylenes is 1. The number of amides is 1. The first kappa shape index (κ1) is 27.9. The van der Waals surface area contributed by atoms with E-state index in [2.05, 4.69) is 5.92 Å². The number of methoxy groups -OCH3 is 1. The van der Waals surface area contributed by atoms with Crippen LogP contribution < -0.4 is 24.4 Å². The van der Waals surface area contributed by atoms with Crippen LogP contribution in [0.1, 0.15) is 37.9 Å². The third-order valence-corrected chi connectivity index (χ3v) is 8.24. The number of ether oxygens (including phenoxy) is 2. The van der Waals surface area contributed by atoms with Gasteiger partial charge < -0.3 is 14.4 Å². The predicted octanol–water partition coefficient (Wildman–Crippen LogP) is 4.28. The summed E-state index contributed by atoms with van der Waals surface area (Å²) >= 11 is 1.28. The van der Waals surface area contributed by atoms with Gasteiger partial charge in [0, 0.05) is 24.2 Å². The zero-order valence-corrected chi connectivity index (χ0v) is 24.3. The molecule has 4 aromatic rings. The molecule has 1 amide bonds. The average molecular weight is 566 g/mol. The maximum absolute atomic E-state index is 14.3. The second kappa shape index (κ2) is 11.9. The van der Waals surface area contributed by atoms with Crippen LogP contribution in [-0.4, -0.2) is 42.2 Å². The molecule has 0 N–H and O–H groups in total. The molecular formula is C33H31N3O4S. The van der Waals surface area contributed by atoms with Crippen LogP contribution in [0.2, 0.25) is 0 Å². The molecule has 0 saturated carbocycles. The van der Waals surface area contributed by atoms with E-state index in [-0.39, 0.29) is 18.1 Å². The number of fused-ring (bicyclic) bond motifs is 2. The highest BCUT2D eigenvalue weighted by atomic mass is 32.1. The van der Waals surface area contributed by atoms with Gasteiger partial charge in [0.2, 0.25) is 0 Å². The van der Waals surface area contributed by atoms with E-state index in [1.54, 1.807) is 16.6 Å². The summed E-state index contributed by atoms with van der Waals surface area (Å²) in [6.45, 7) is 6.88. The first-order valence-electron chi connectivity index (χ1n) is 13.5. The van der Waals surface area contributed by atoms with Crippen molar-refractivity contribution in [3.8, 4) is 23.8 Å². The van der Waals surface area contributed by atoms with Gasteiger partial charge in [0.1, 0.15) is 24.1 Å². The van der Waals surface area contributed by atoms with Crippen LogP contribution in [0.4, 0.5) is 0 Å². The minimum Gasteiger partial charge on any atom is -0.496 e. The molecule has 0 fully saturated rings. The van der Waals surface area contributed by atoms with Crippen molar-refractivity contribution in [2.24, 2.45) is 4.99 Å². The minimum atomic E-state index is -0.706. The number of para-hydroxylation sites is 1. The van der Waals surface area contributed by atoms with Gasteiger partial charge in [-0.25, -0.2) is 4.99 Å². The second-order valence-electron chi connectivity index (χ2n) is 9.49. The molecule has 1 aliphatic rings. The van der Waals surface area contributed by atoms with E-state index in [4.69, 9.17) is 20.9 Å². The fraction of sp³-hybridized carbons (Fsp3) is 0.242. The summed E-state index contributed by atoms with van der Waals surface area (Å²) in [5.41, 5.74) is 2.26. The van der Waals surface area contributed by atoms with Crippen LogP contribution in [0, 0.1) is 12.3 Å². The molecule has 1 atom stereocenters. The number of carbonyl (C=O) groups is 1. The Bertz CT molecular complexity index is 1890. The number of carbonyl (C=O) groups excluding carboxylic acids is 1. The summed E-state index contributed by atoms with van der Waals surface area (Å²) in [6.07, 6.45) is 7.31. The lowest BCUT2D eigenvalue weighted by Crippen LogP contribution is -2.43. The Morgan fingerprint density at radius 1 is 1.10 bits per heavy atom. The van der Waals surface area contributed by atoms with Gasteiger partial charge in [-0.2, -0.15) is 0 Å². The van der Waals surface area contributed by atoms with Crippen molar-refractivity contribution in [3.63, 3.8) is 0 Å². The Morgan fingerprint density at radius 3 is 2.56 bits per heavy atom. The normalized spacial score (nSPS) is 14.8. The maximum atomic E-state index is 14.3. The van der Waals surface area contributed by atoms with E-state index < -0.39 is 6.04 Å². The molecule has 7 nitrogen and oxygen atoms in total. The molecule has 0 unspecified atom stereocenters. The predicted molar refractivity (Wildman–Crippen MR) is 163 cm³/mol. The molecule has 0 aliphatic carbocycles. The fourth-order valence-electron chi connectivity index (χ4n) is 5.26. The monoisotopic (exact) mass is 565 g/mol. The molecule has 1 aromatic heterocycles. The number of aromatic nitrogens is 1. The van der Waals surface area contributed by atoms with E-state index in [9.17, 15) is 9.59 Å². The molecule has 0 spiro atoms. The van der Waals surface area contributed by atoms with Crippen molar-refractivity contribution in [2.45, 2.75) is 26.8 Å². The summed E-state index contributed by atoms with van der Waals surface area (Å²) < 4.78 is 13.7. The highest BCUT2D eigenvalue weighted by Gasteiger charge is 2.35. The van der Waals surface area contributed by atoms with Gasteiger partial charge in [-0.05, 0) is 49.8 Å². The van der Waals surface area contributed by atoms with Gasteiger partial charge in [0.25, 0.3) is 11.5 Å². The van der Waals surface area contributed by atoms with Gasteiger partial charge in [-0.15, -0.1) is 6.42 Å². The van der Waals surface area contributed by atoms with E-state index in [0.29, 0.717) is 45.2 Å². The third-order valence-electron chi connectivity index (χ3n) is 7.25. The molecule has 41 heavy (non-hydrogen) atoms. The quantitative estimate of drug-likeness (QED) is 0.299. The molecule has 0 saturated heterocycles. The number of allylic oxidation sites excluding steroid dienone is 1. The van der Waals surface area contributed by atoms with Crippen molar-refractivity contribution in [3.05, 3.63) is 103 Å². The lowest BCUT2D eigenvalue weighted by atomic mass is 9.94. The van der Waals surface area contributed by atoms with E-state index >= 15 is 0 Å². The summed E-state index contributed by atoms with van der Waals surface area (Å²) in [5, 5.41) is 1.94. The Kier molecular flexibility index (Phi) is 8.09. The highest BCUT2D eigenvalue weighted by Crippen LogP contribution is 2.36. The number of likely N-dealkylation sites (N-methyl/N-ethyl adjacent to an activating group) is 1. The van der Waals surface area contributed by atoms with Crippen molar-refractivity contribution in [1.82, 2.24) is 9.47 Å². The number of hydrogen-bond donors (Lipinski definition) is 0. The summed E-state index contributed by atoms with van der Waals surface area (Å²) in [7, 11) is 1.59. The molecule has 0 radical (unpaired) electrons. The Balaban J connectivity index is 1.80. The van der Waals surface area contributed by atoms with Crippen molar-refractivity contribution in [1.29, 1.82) is 0 Å². The van der Waals surface area contributed by atoms with Crippen LogP contribution in [0.3, 0.4) is 0 Å². The molecule has 208 valence electrons. The molecule has 1 aliphatic heterocycles. The van der Waals surface area contributed by atoms with Crippen LogP contribution in [0.15, 0.2) is 81.7 Å². The second-order valence-corrected chi connectivity index (χ2v) is 10.5. The summed E-state index contributed by atoms with van der Waals surface area (Å²) in [6, 6.07) is 18.5. The lowest BCUT2D eigenvalue weighted by molar-refractivity contribution is -0.127. The van der Waals surface area contributed by atoms with Crippen LogP contribution in [0.25, 0.3) is 16.8 Å². The number of thiazole rings is 1. The van der Waals surface area contributed by atoms with Gasteiger partial charge in [-0.3, -0.25) is 14.2 Å². The van der Waals surface area contributed by atoms with Gasteiger partial charge in [0.15, 0.2) is 4.80 Å². The number of nitrogens with zero attached hydrogens (tertiary/aromatic N) is 3. The molecule has 8 heteroatoms. The smallest absolute Gasteiger partial charge is 0.271 e. The van der Waals surface area contributed by atoms with Crippen molar-refractivity contribution < 1.29 is 14.3 Å². The fourth-order valence-corrected chi connectivity index (χ4v) is 6.29. The van der Waals surface area contributed by atoms with Gasteiger partial charge >= 0.3 is 0 Å². The van der Waals surface area contributed by atoms with Crippen molar-refractivity contribution >= 4 is 34.1 Å². The van der Waals surface area contributed by atoms with E-state index in [0.717, 1.165) is 21.9 Å². The highest BCUT2D eigenvalue weighted by molar-refractivity contribution is 7.07. The van der Waals surface area contributed by atoms with E-state index in [1.807, 2.05) is 87.5 Å².